The van der Waals surface area contributed by atoms with Crippen LogP contribution in [0, 0.1) is 11.8 Å². The van der Waals surface area contributed by atoms with Gasteiger partial charge < -0.3 is 14.8 Å². The van der Waals surface area contributed by atoms with Gasteiger partial charge in [0, 0.05) is 12.1 Å². The molecule has 1 saturated carbocycles. The third-order valence-corrected chi connectivity index (χ3v) is 3.62. The van der Waals surface area contributed by atoms with E-state index >= 15 is 0 Å². The fraction of sp³-hybridized carbons (Fsp3) is 0.647. The zero-order valence-corrected chi connectivity index (χ0v) is 12.9. The monoisotopic (exact) mass is 277 g/mol. The lowest BCUT2D eigenvalue weighted by molar-refractivity contribution is 0.298. The number of hydrogen-bond acceptors (Lipinski definition) is 3. The van der Waals surface area contributed by atoms with Crippen LogP contribution >= 0.6 is 0 Å². The highest BCUT2D eigenvalue weighted by Gasteiger charge is 2.20. The Balaban J connectivity index is 1.91. The number of methoxy groups -OCH3 is 1. The Morgan fingerprint density at radius 2 is 2.10 bits per heavy atom. The zero-order chi connectivity index (χ0) is 14.4. The third kappa shape index (κ3) is 5.04. The molecule has 20 heavy (non-hydrogen) atoms. The van der Waals surface area contributed by atoms with Gasteiger partial charge in [0.1, 0.15) is 11.5 Å². The quantitative estimate of drug-likeness (QED) is 0.748. The molecule has 0 atom stereocenters. The van der Waals surface area contributed by atoms with Crippen LogP contribution in [0.4, 0.5) is 0 Å². The van der Waals surface area contributed by atoms with Crippen molar-refractivity contribution in [1.29, 1.82) is 0 Å². The molecule has 0 saturated heterocycles. The normalized spacial score (nSPS) is 14.6. The number of benzene rings is 1. The van der Waals surface area contributed by atoms with Gasteiger partial charge in [0.15, 0.2) is 0 Å². The summed E-state index contributed by atoms with van der Waals surface area (Å²) in [5, 5.41) is 3.47. The molecule has 0 spiro atoms. The highest BCUT2D eigenvalue weighted by Crippen LogP contribution is 2.32. The minimum atomic E-state index is 0.653. The minimum absolute atomic E-state index is 0.653. The molecule has 1 aromatic carbocycles. The lowest BCUT2D eigenvalue weighted by atomic mass is 10.1. The van der Waals surface area contributed by atoms with Crippen LogP contribution in [0.1, 0.15) is 38.7 Å². The molecule has 0 unspecified atom stereocenters. The lowest BCUT2D eigenvalue weighted by Crippen LogP contribution is -2.19. The summed E-state index contributed by atoms with van der Waals surface area (Å²) in [6, 6.07) is 6.07. The standard InChI is InChI=1S/C17H27NO2/c1-13(2)11-18-12-15-10-16(19-3)6-7-17(15)20-9-8-14-4-5-14/h6-7,10,13-14,18H,4-5,8-9,11-12H2,1-3H3. The van der Waals surface area contributed by atoms with Gasteiger partial charge in [0.05, 0.1) is 13.7 Å². The molecular formula is C17H27NO2. The van der Waals surface area contributed by atoms with Gasteiger partial charge in [-0.1, -0.05) is 26.7 Å². The van der Waals surface area contributed by atoms with Crippen molar-refractivity contribution in [3.05, 3.63) is 23.8 Å². The average Bonchev–Trinajstić information content (AvgIpc) is 3.24. The minimum Gasteiger partial charge on any atom is -0.497 e. The van der Waals surface area contributed by atoms with E-state index in [0.29, 0.717) is 5.92 Å². The maximum absolute atomic E-state index is 5.95. The van der Waals surface area contributed by atoms with E-state index in [0.717, 1.165) is 37.1 Å². The fourth-order valence-corrected chi connectivity index (χ4v) is 2.20. The molecule has 1 fully saturated rings. The Kier molecular flexibility index (Phi) is 5.72. The Labute approximate surface area is 122 Å². The lowest BCUT2D eigenvalue weighted by Gasteiger charge is -2.14. The summed E-state index contributed by atoms with van der Waals surface area (Å²) >= 11 is 0. The molecule has 1 aliphatic carbocycles. The fourth-order valence-electron chi connectivity index (χ4n) is 2.20. The maximum atomic E-state index is 5.95. The van der Waals surface area contributed by atoms with Gasteiger partial charge in [0.25, 0.3) is 0 Å². The Morgan fingerprint density at radius 1 is 1.30 bits per heavy atom. The van der Waals surface area contributed by atoms with Crippen molar-refractivity contribution < 1.29 is 9.47 Å². The number of nitrogens with one attached hydrogen (secondary N) is 1. The van der Waals surface area contributed by atoms with Crippen LogP contribution in [0.15, 0.2) is 18.2 Å². The second kappa shape index (κ2) is 7.53. The Bertz CT molecular complexity index is 413. The van der Waals surface area contributed by atoms with Crippen molar-refractivity contribution in [2.75, 3.05) is 20.3 Å². The van der Waals surface area contributed by atoms with E-state index in [1.165, 1.54) is 24.8 Å². The van der Waals surface area contributed by atoms with Crippen LogP contribution in [-0.4, -0.2) is 20.3 Å². The summed E-state index contributed by atoms with van der Waals surface area (Å²) in [6.07, 6.45) is 3.95. The van der Waals surface area contributed by atoms with Crippen LogP contribution in [0.25, 0.3) is 0 Å². The first-order chi connectivity index (χ1) is 9.69. The summed E-state index contributed by atoms with van der Waals surface area (Å²) < 4.78 is 11.3. The molecule has 2 rings (SSSR count). The molecule has 3 heteroatoms. The number of ether oxygens (including phenoxy) is 2. The molecule has 0 aromatic heterocycles. The topological polar surface area (TPSA) is 30.5 Å². The van der Waals surface area contributed by atoms with E-state index in [1.54, 1.807) is 7.11 Å². The van der Waals surface area contributed by atoms with Gasteiger partial charge in [-0.05, 0) is 43.0 Å². The average molecular weight is 277 g/mol. The van der Waals surface area contributed by atoms with Gasteiger partial charge in [-0.3, -0.25) is 0 Å². The van der Waals surface area contributed by atoms with Crippen molar-refractivity contribution in [1.82, 2.24) is 5.32 Å². The van der Waals surface area contributed by atoms with Crippen molar-refractivity contribution in [3.63, 3.8) is 0 Å². The van der Waals surface area contributed by atoms with Crippen molar-refractivity contribution in [3.8, 4) is 11.5 Å². The first-order valence-electron chi connectivity index (χ1n) is 7.69. The van der Waals surface area contributed by atoms with E-state index in [2.05, 4.69) is 25.2 Å². The molecule has 1 N–H and O–H groups in total. The predicted molar refractivity (Wildman–Crippen MR) is 82.4 cm³/mol. The Hall–Kier alpha value is -1.22. The van der Waals surface area contributed by atoms with Crippen LogP contribution in [0.2, 0.25) is 0 Å². The van der Waals surface area contributed by atoms with Gasteiger partial charge in [-0.2, -0.15) is 0 Å². The highest BCUT2D eigenvalue weighted by atomic mass is 16.5. The van der Waals surface area contributed by atoms with E-state index in [4.69, 9.17) is 9.47 Å². The number of hydrogen-bond donors (Lipinski definition) is 1. The summed E-state index contributed by atoms with van der Waals surface area (Å²) in [4.78, 5) is 0. The molecule has 1 aliphatic rings. The van der Waals surface area contributed by atoms with E-state index < -0.39 is 0 Å². The summed E-state index contributed by atoms with van der Waals surface area (Å²) in [7, 11) is 1.70. The van der Waals surface area contributed by atoms with Gasteiger partial charge in [-0.25, -0.2) is 0 Å². The second-order valence-electron chi connectivity index (χ2n) is 6.08. The molecule has 0 amide bonds. The molecule has 0 radical (unpaired) electrons. The number of rotatable bonds is 9. The van der Waals surface area contributed by atoms with Gasteiger partial charge in [-0.15, -0.1) is 0 Å². The molecule has 0 bridgehead atoms. The van der Waals surface area contributed by atoms with Crippen molar-refractivity contribution >= 4 is 0 Å². The van der Waals surface area contributed by atoms with Crippen molar-refractivity contribution in [2.24, 2.45) is 11.8 Å². The molecule has 112 valence electrons. The molecule has 0 aliphatic heterocycles. The predicted octanol–water partition coefficient (Wildman–Crippen LogP) is 3.62. The SMILES string of the molecule is COc1ccc(OCCC2CC2)c(CNCC(C)C)c1. The van der Waals surface area contributed by atoms with E-state index in [-0.39, 0.29) is 0 Å². The third-order valence-electron chi connectivity index (χ3n) is 3.62. The first kappa shape index (κ1) is 15.2. The van der Waals surface area contributed by atoms with Crippen LogP contribution < -0.4 is 14.8 Å². The van der Waals surface area contributed by atoms with Gasteiger partial charge in [0.2, 0.25) is 0 Å². The maximum Gasteiger partial charge on any atom is 0.124 e. The summed E-state index contributed by atoms with van der Waals surface area (Å²) in [5.41, 5.74) is 1.18. The summed E-state index contributed by atoms with van der Waals surface area (Å²) in [5.74, 6) is 3.44. The summed E-state index contributed by atoms with van der Waals surface area (Å²) in [6.45, 7) is 7.10. The largest absolute Gasteiger partial charge is 0.497 e. The molecule has 3 nitrogen and oxygen atoms in total. The highest BCUT2D eigenvalue weighted by molar-refractivity contribution is 5.40. The van der Waals surface area contributed by atoms with Crippen LogP contribution in [0.3, 0.4) is 0 Å². The van der Waals surface area contributed by atoms with E-state index in [9.17, 15) is 0 Å². The molecule has 0 heterocycles. The first-order valence-corrected chi connectivity index (χ1v) is 7.69. The van der Waals surface area contributed by atoms with Gasteiger partial charge >= 0.3 is 0 Å². The second-order valence-corrected chi connectivity index (χ2v) is 6.08. The van der Waals surface area contributed by atoms with Crippen molar-refractivity contribution in [2.45, 2.75) is 39.7 Å². The zero-order valence-electron chi connectivity index (χ0n) is 12.9. The Morgan fingerprint density at radius 3 is 2.75 bits per heavy atom. The van der Waals surface area contributed by atoms with Crippen LogP contribution in [0.5, 0.6) is 11.5 Å². The smallest absolute Gasteiger partial charge is 0.124 e. The van der Waals surface area contributed by atoms with E-state index in [1.807, 2.05) is 12.1 Å². The molecule has 1 aromatic rings. The van der Waals surface area contributed by atoms with Crippen LogP contribution in [-0.2, 0) is 6.54 Å². The molecular weight excluding hydrogens is 250 g/mol.